The molecule has 0 aliphatic carbocycles. The van der Waals surface area contributed by atoms with Crippen LogP contribution in [0.5, 0.6) is 5.75 Å². The van der Waals surface area contributed by atoms with Crippen LogP contribution < -0.4 is 10.1 Å². The molecule has 6 nitrogen and oxygen atoms in total. The van der Waals surface area contributed by atoms with Gasteiger partial charge in [0.15, 0.2) is 11.0 Å². The summed E-state index contributed by atoms with van der Waals surface area (Å²) in [6, 6.07) is 13.8. The number of aromatic nitrogens is 3. The van der Waals surface area contributed by atoms with Gasteiger partial charge in [0.05, 0.1) is 5.75 Å². The van der Waals surface area contributed by atoms with Crippen LogP contribution in [0.25, 0.3) is 0 Å². The molecule has 0 saturated carbocycles. The monoisotopic (exact) mass is 534 g/mol. The molecule has 1 aromatic heterocycles. The van der Waals surface area contributed by atoms with Gasteiger partial charge in [-0.05, 0) is 72.3 Å². The fourth-order valence-electron chi connectivity index (χ4n) is 2.71. The summed E-state index contributed by atoms with van der Waals surface area (Å²) in [5.74, 6) is 1.61. The van der Waals surface area contributed by atoms with Gasteiger partial charge in [0.2, 0.25) is 5.91 Å². The molecule has 1 N–H and O–H groups in total. The Morgan fingerprint density at radius 2 is 2.00 bits per heavy atom. The standard InChI is InChI=1S/C22H23IN4O2S/c1-4-11-27-20(13-29-18-8-5-15(2)6-9-18)25-26-22(27)30-14-21(28)24-19-10-7-17(23)12-16(19)3/h4-10,12H,1,11,13-14H2,2-3H3,(H,24,28). The van der Waals surface area contributed by atoms with E-state index in [1.807, 2.05) is 60.9 Å². The zero-order chi connectivity index (χ0) is 21.5. The van der Waals surface area contributed by atoms with Crippen molar-refractivity contribution >= 4 is 45.9 Å². The van der Waals surface area contributed by atoms with Crippen LogP contribution in [0.15, 0.2) is 60.3 Å². The number of allylic oxidation sites excluding steroid dienone is 1. The molecular weight excluding hydrogens is 511 g/mol. The summed E-state index contributed by atoms with van der Waals surface area (Å²) in [5.41, 5.74) is 3.03. The third-order valence-corrected chi connectivity index (χ3v) is 5.93. The Bertz CT molecular complexity index is 1030. The highest BCUT2D eigenvalue weighted by molar-refractivity contribution is 14.1. The summed E-state index contributed by atoms with van der Waals surface area (Å²) in [7, 11) is 0. The van der Waals surface area contributed by atoms with Gasteiger partial charge in [0.25, 0.3) is 0 Å². The van der Waals surface area contributed by atoms with Gasteiger partial charge in [-0.15, -0.1) is 16.8 Å². The summed E-state index contributed by atoms with van der Waals surface area (Å²) in [6.07, 6.45) is 1.78. The smallest absolute Gasteiger partial charge is 0.234 e. The van der Waals surface area contributed by atoms with Crippen molar-refractivity contribution < 1.29 is 9.53 Å². The van der Waals surface area contributed by atoms with Crippen LogP contribution in [0.2, 0.25) is 0 Å². The van der Waals surface area contributed by atoms with Crippen LogP contribution >= 0.6 is 34.4 Å². The van der Waals surface area contributed by atoms with E-state index < -0.39 is 0 Å². The molecule has 2 aromatic carbocycles. The van der Waals surface area contributed by atoms with E-state index in [1.165, 1.54) is 17.3 Å². The first-order chi connectivity index (χ1) is 14.5. The maximum atomic E-state index is 12.4. The van der Waals surface area contributed by atoms with Crippen LogP contribution in [-0.4, -0.2) is 26.4 Å². The van der Waals surface area contributed by atoms with Gasteiger partial charge in [-0.2, -0.15) is 0 Å². The normalized spacial score (nSPS) is 10.6. The Balaban J connectivity index is 1.61. The Kier molecular flexibility index (Phi) is 7.92. The van der Waals surface area contributed by atoms with E-state index in [0.29, 0.717) is 24.1 Å². The van der Waals surface area contributed by atoms with Crippen LogP contribution in [0.3, 0.4) is 0 Å². The topological polar surface area (TPSA) is 69.0 Å². The van der Waals surface area contributed by atoms with Crippen molar-refractivity contribution in [2.45, 2.75) is 32.2 Å². The molecule has 0 spiro atoms. The number of ether oxygens (including phenoxy) is 1. The molecule has 3 rings (SSSR count). The lowest BCUT2D eigenvalue weighted by Gasteiger charge is -2.10. The average Bonchev–Trinajstić information content (AvgIpc) is 3.10. The molecule has 1 heterocycles. The summed E-state index contributed by atoms with van der Waals surface area (Å²) in [4.78, 5) is 12.4. The number of nitrogens with zero attached hydrogens (tertiary/aromatic N) is 3. The van der Waals surface area contributed by atoms with Gasteiger partial charge < -0.3 is 10.1 Å². The Morgan fingerprint density at radius 3 is 2.70 bits per heavy atom. The van der Waals surface area contributed by atoms with Crippen LogP contribution in [0.4, 0.5) is 5.69 Å². The first-order valence-electron chi connectivity index (χ1n) is 9.37. The predicted molar refractivity (Wildman–Crippen MR) is 129 cm³/mol. The van der Waals surface area contributed by atoms with Crippen molar-refractivity contribution in [2.75, 3.05) is 11.1 Å². The number of nitrogens with one attached hydrogen (secondary N) is 1. The minimum atomic E-state index is -0.0880. The molecule has 0 radical (unpaired) electrons. The molecule has 30 heavy (non-hydrogen) atoms. The molecule has 0 aliphatic heterocycles. The summed E-state index contributed by atoms with van der Waals surface area (Å²) < 4.78 is 8.87. The molecule has 0 atom stereocenters. The fourth-order valence-corrected chi connectivity index (χ4v) is 4.12. The van der Waals surface area contributed by atoms with Crippen molar-refractivity contribution in [1.82, 2.24) is 14.8 Å². The number of thioether (sulfide) groups is 1. The number of amides is 1. The average molecular weight is 534 g/mol. The van der Waals surface area contributed by atoms with Gasteiger partial charge in [-0.3, -0.25) is 9.36 Å². The van der Waals surface area contributed by atoms with Crippen LogP contribution in [0.1, 0.15) is 17.0 Å². The van der Waals surface area contributed by atoms with Crippen molar-refractivity contribution in [2.24, 2.45) is 0 Å². The summed E-state index contributed by atoms with van der Waals surface area (Å²) >= 11 is 3.59. The first-order valence-corrected chi connectivity index (χ1v) is 11.4. The van der Waals surface area contributed by atoms with Crippen LogP contribution in [0, 0.1) is 17.4 Å². The Labute approximate surface area is 194 Å². The van der Waals surface area contributed by atoms with Gasteiger partial charge in [-0.25, -0.2) is 0 Å². The quantitative estimate of drug-likeness (QED) is 0.238. The minimum absolute atomic E-state index is 0.0880. The van der Waals surface area contributed by atoms with Gasteiger partial charge in [-0.1, -0.05) is 35.5 Å². The molecule has 156 valence electrons. The number of hydrogen-bond donors (Lipinski definition) is 1. The molecule has 0 fully saturated rings. The zero-order valence-corrected chi connectivity index (χ0v) is 19.9. The van der Waals surface area contributed by atoms with E-state index >= 15 is 0 Å². The fraction of sp³-hybridized carbons (Fsp3) is 0.227. The molecule has 8 heteroatoms. The number of anilines is 1. The second-order valence-corrected chi connectivity index (χ2v) is 8.88. The molecular formula is C22H23IN4O2S. The largest absolute Gasteiger partial charge is 0.486 e. The lowest BCUT2D eigenvalue weighted by atomic mass is 10.2. The van der Waals surface area contributed by atoms with Crippen molar-refractivity contribution in [3.63, 3.8) is 0 Å². The van der Waals surface area contributed by atoms with Gasteiger partial charge in [0, 0.05) is 15.8 Å². The van der Waals surface area contributed by atoms with Crippen LogP contribution in [-0.2, 0) is 17.9 Å². The lowest BCUT2D eigenvalue weighted by molar-refractivity contribution is -0.113. The maximum absolute atomic E-state index is 12.4. The van der Waals surface area contributed by atoms with E-state index in [4.69, 9.17) is 4.74 Å². The van der Waals surface area contributed by atoms with E-state index in [9.17, 15) is 4.79 Å². The minimum Gasteiger partial charge on any atom is -0.486 e. The molecule has 1 amide bonds. The Hall–Kier alpha value is -2.33. The Morgan fingerprint density at radius 1 is 1.23 bits per heavy atom. The number of carbonyl (C=O) groups excluding carboxylic acids is 1. The number of carbonyl (C=O) groups is 1. The third kappa shape index (κ3) is 6.09. The highest BCUT2D eigenvalue weighted by Crippen LogP contribution is 2.21. The highest BCUT2D eigenvalue weighted by atomic mass is 127. The second kappa shape index (κ2) is 10.6. The number of benzene rings is 2. The zero-order valence-electron chi connectivity index (χ0n) is 16.9. The molecule has 0 bridgehead atoms. The number of aryl methyl sites for hydroxylation is 2. The lowest BCUT2D eigenvalue weighted by Crippen LogP contribution is -2.15. The van der Waals surface area contributed by atoms with Crippen molar-refractivity contribution in [1.29, 1.82) is 0 Å². The number of hydrogen-bond acceptors (Lipinski definition) is 5. The summed E-state index contributed by atoms with van der Waals surface area (Å²) in [5, 5.41) is 12.1. The molecule has 0 unspecified atom stereocenters. The number of rotatable bonds is 9. The van der Waals surface area contributed by atoms with E-state index in [1.54, 1.807) is 6.08 Å². The van der Waals surface area contributed by atoms with E-state index in [0.717, 1.165) is 20.6 Å². The molecule has 0 saturated heterocycles. The molecule has 0 aliphatic rings. The number of halogens is 1. The van der Waals surface area contributed by atoms with Crippen molar-refractivity contribution in [3.05, 3.63) is 75.6 Å². The van der Waals surface area contributed by atoms with Gasteiger partial charge >= 0.3 is 0 Å². The maximum Gasteiger partial charge on any atom is 0.234 e. The first kappa shape index (κ1) is 22.4. The van der Waals surface area contributed by atoms with Crippen molar-refractivity contribution in [3.8, 4) is 5.75 Å². The van der Waals surface area contributed by atoms with E-state index in [2.05, 4.69) is 44.7 Å². The molecule has 3 aromatic rings. The SMILES string of the molecule is C=CCn1c(COc2ccc(C)cc2)nnc1SCC(=O)Nc1ccc(I)cc1C. The predicted octanol–water partition coefficient (Wildman–Crippen LogP) is 5.00. The van der Waals surface area contributed by atoms with E-state index in [-0.39, 0.29) is 11.7 Å². The van der Waals surface area contributed by atoms with Gasteiger partial charge in [0.1, 0.15) is 12.4 Å². The second-order valence-electron chi connectivity index (χ2n) is 6.70. The highest BCUT2D eigenvalue weighted by Gasteiger charge is 2.14. The summed E-state index contributed by atoms with van der Waals surface area (Å²) in [6.45, 7) is 8.65. The third-order valence-electron chi connectivity index (χ3n) is 4.29.